The molecule has 0 aromatic heterocycles. The van der Waals surface area contributed by atoms with E-state index in [2.05, 4.69) is 24.4 Å². The molecule has 236 valence electrons. The van der Waals surface area contributed by atoms with Crippen LogP contribution in [0.15, 0.2) is 24.3 Å². The molecule has 0 aromatic carbocycles. The van der Waals surface area contributed by atoms with Gasteiger partial charge in [0, 0.05) is 6.42 Å². The zero-order valence-electron chi connectivity index (χ0n) is 26.3. The molecule has 3 atom stereocenters. The van der Waals surface area contributed by atoms with Crippen LogP contribution < -0.4 is 5.32 Å². The molecule has 0 saturated heterocycles. The average molecular weight is 590 g/mol. The van der Waals surface area contributed by atoms with Crippen molar-refractivity contribution in [2.45, 2.75) is 129 Å². The number of amides is 1. The number of carbonyl (C=O) groups is 1. The van der Waals surface area contributed by atoms with Crippen LogP contribution in [0, 0.1) is 0 Å². The minimum Gasteiger partial charge on any atom is -0.387 e. The minimum atomic E-state index is -4.31. The lowest BCUT2D eigenvalue weighted by Crippen LogP contribution is -2.45. The van der Waals surface area contributed by atoms with Crippen LogP contribution in [-0.2, 0) is 18.4 Å². The number of phosphoric ester groups is 1. The van der Waals surface area contributed by atoms with E-state index in [-0.39, 0.29) is 19.1 Å². The second-order valence-corrected chi connectivity index (χ2v) is 13.3. The number of nitrogens with one attached hydrogen (secondary N) is 1. The first-order valence-electron chi connectivity index (χ1n) is 15.7. The highest BCUT2D eigenvalue weighted by Crippen LogP contribution is 2.43. The number of rotatable bonds is 27. The van der Waals surface area contributed by atoms with Gasteiger partial charge in [0.25, 0.3) is 0 Å². The number of phosphoric acid groups is 1. The second-order valence-electron chi connectivity index (χ2n) is 11.8. The van der Waals surface area contributed by atoms with Gasteiger partial charge in [-0.15, -0.1) is 0 Å². The van der Waals surface area contributed by atoms with E-state index in [9.17, 15) is 19.4 Å². The predicted octanol–water partition coefficient (Wildman–Crippen LogP) is 7.07. The van der Waals surface area contributed by atoms with E-state index in [0.717, 1.165) is 32.1 Å². The lowest BCUT2D eigenvalue weighted by molar-refractivity contribution is -0.870. The molecular formula is C31H62N2O6P+. The number of hydrogen-bond acceptors (Lipinski definition) is 5. The van der Waals surface area contributed by atoms with Gasteiger partial charge in [-0.1, -0.05) is 102 Å². The molecule has 0 fully saturated rings. The molecule has 3 unspecified atom stereocenters. The summed E-state index contributed by atoms with van der Waals surface area (Å²) in [4.78, 5) is 22.3. The number of allylic oxidation sites excluding steroid dienone is 3. The minimum absolute atomic E-state index is 0.0555. The normalized spacial score (nSPS) is 15.5. The van der Waals surface area contributed by atoms with Gasteiger partial charge in [-0.3, -0.25) is 13.8 Å². The van der Waals surface area contributed by atoms with Crippen molar-refractivity contribution in [3.8, 4) is 0 Å². The third-order valence-electron chi connectivity index (χ3n) is 6.67. The number of nitrogens with zero attached hydrogens (tertiary/aromatic N) is 1. The standard InChI is InChI=1S/C31H61N2O6P/c1-6-8-10-11-12-13-14-15-16-17-18-19-20-21-22-23-24-30(34)29(32-31(35)25-9-7-2)28-39-40(36,37)38-27-26-33(3,4)5/h19-20,23-24,29-30,34H,6-18,21-22,25-28H2,1-5H3,(H-,32,35,36,37)/p+1/b20-19+,24-23+. The molecule has 0 saturated carbocycles. The highest BCUT2D eigenvalue weighted by atomic mass is 31.2. The molecule has 0 aliphatic carbocycles. The Kier molecular flexibility index (Phi) is 23.9. The van der Waals surface area contributed by atoms with Gasteiger partial charge in [0.2, 0.25) is 5.91 Å². The summed E-state index contributed by atoms with van der Waals surface area (Å²) in [5, 5.41) is 13.4. The van der Waals surface area contributed by atoms with Crippen LogP contribution in [0.2, 0.25) is 0 Å². The van der Waals surface area contributed by atoms with Crippen molar-refractivity contribution in [2.24, 2.45) is 0 Å². The third kappa shape index (κ3) is 25.9. The Morgan fingerprint density at radius 2 is 1.38 bits per heavy atom. The topological polar surface area (TPSA) is 105 Å². The van der Waals surface area contributed by atoms with E-state index in [1.54, 1.807) is 6.08 Å². The molecule has 1 amide bonds. The molecule has 0 spiro atoms. The summed E-state index contributed by atoms with van der Waals surface area (Å²) in [6.45, 7) is 4.50. The van der Waals surface area contributed by atoms with E-state index >= 15 is 0 Å². The summed E-state index contributed by atoms with van der Waals surface area (Å²) in [5.41, 5.74) is 0. The van der Waals surface area contributed by atoms with Gasteiger partial charge < -0.3 is 19.8 Å². The molecule has 0 heterocycles. The number of unbranched alkanes of at least 4 members (excludes halogenated alkanes) is 12. The van der Waals surface area contributed by atoms with Gasteiger partial charge in [0.1, 0.15) is 13.2 Å². The van der Waals surface area contributed by atoms with E-state index in [4.69, 9.17) is 9.05 Å². The number of hydrogen-bond donors (Lipinski definition) is 3. The maximum atomic E-state index is 12.3. The highest BCUT2D eigenvalue weighted by Gasteiger charge is 2.27. The van der Waals surface area contributed by atoms with Crippen molar-refractivity contribution in [3.63, 3.8) is 0 Å². The fraction of sp³-hybridized carbons (Fsp3) is 0.839. The fourth-order valence-electron chi connectivity index (χ4n) is 4.03. The summed E-state index contributed by atoms with van der Waals surface area (Å²) >= 11 is 0. The first kappa shape index (κ1) is 39.0. The molecule has 0 bridgehead atoms. The lowest BCUT2D eigenvalue weighted by atomic mass is 10.1. The summed E-state index contributed by atoms with van der Waals surface area (Å²) in [7, 11) is 1.54. The zero-order chi connectivity index (χ0) is 30.1. The van der Waals surface area contributed by atoms with Crippen LogP contribution >= 0.6 is 7.82 Å². The van der Waals surface area contributed by atoms with Crippen molar-refractivity contribution in [2.75, 3.05) is 40.9 Å². The molecule has 0 aromatic rings. The first-order chi connectivity index (χ1) is 19.0. The Balaban J connectivity index is 4.38. The SMILES string of the molecule is CCCCCCCCCCCC/C=C/CC/C=C/C(O)C(COP(=O)(O)OCC[N+](C)(C)C)NC(=O)CCCC. The van der Waals surface area contributed by atoms with Gasteiger partial charge in [-0.2, -0.15) is 0 Å². The van der Waals surface area contributed by atoms with Gasteiger partial charge in [0.15, 0.2) is 0 Å². The summed E-state index contributed by atoms with van der Waals surface area (Å²) in [6, 6.07) is -0.852. The fourth-order valence-corrected chi connectivity index (χ4v) is 4.77. The maximum absolute atomic E-state index is 12.3. The molecule has 0 rings (SSSR count). The summed E-state index contributed by atoms with van der Waals surface area (Å²) < 4.78 is 23.0. The second kappa shape index (κ2) is 24.6. The molecule has 0 aliphatic rings. The van der Waals surface area contributed by atoms with E-state index in [1.807, 2.05) is 34.1 Å². The van der Waals surface area contributed by atoms with Gasteiger partial charge in [-0.05, 0) is 32.1 Å². The molecule has 0 radical (unpaired) electrons. The Morgan fingerprint density at radius 1 is 0.825 bits per heavy atom. The van der Waals surface area contributed by atoms with Crippen LogP contribution in [0.5, 0.6) is 0 Å². The first-order valence-corrected chi connectivity index (χ1v) is 17.2. The number of aliphatic hydroxyl groups excluding tert-OH is 1. The van der Waals surface area contributed by atoms with Gasteiger partial charge >= 0.3 is 7.82 Å². The number of likely N-dealkylation sites (N-methyl/N-ethyl adjacent to an activating group) is 1. The van der Waals surface area contributed by atoms with Crippen molar-refractivity contribution >= 4 is 13.7 Å². The average Bonchev–Trinajstić information content (AvgIpc) is 2.88. The predicted molar refractivity (Wildman–Crippen MR) is 166 cm³/mol. The molecule has 3 N–H and O–H groups in total. The summed E-state index contributed by atoms with van der Waals surface area (Å²) in [6.07, 6.45) is 24.9. The Morgan fingerprint density at radius 3 is 1.98 bits per heavy atom. The Bertz CT molecular complexity index is 723. The third-order valence-corrected chi connectivity index (χ3v) is 7.66. The quantitative estimate of drug-likeness (QED) is 0.0410. The monoisotopic (exact) mass is 589 g/mol. The molecule has 9 heteroatoms. The van der Waals surface area contributed by atoms with Crippen molar-refractivity contribution in [3.05, 3.63) is 24.3 Å². The van der Waals surface area contributed by atoms with E-state index < -0.39 is 20.0 Å². The van der Waals surface area contributed by atoms with E-state index in [1.165, 1.54) is 64.2 Å². The molecular weight excluding hydrogens is 527 g/mol. The number of aliphatic hydroxyl groups is 1. The van der Waals surface area contributed by atoms with Crippen molar-refractivity contribution in [1.29, 1.82) is 0 Å². The van der Waals surface area contributed by atoms with Crippen molar-refractivity contribution in [1.82, 2.24) is 5.32 Å². The van der Waals surface area contributed by atoms with Gasteiger partial charge in [-0.25, -0.2) is 4.57 Å². The maximum Gasteiger partial charge on any atom is 0.472 e. The Hall–Kier alpha value is -1.02. The number of carbonyl (C=O) groups excluding carboxylic acids is 1. The molecule has 8 nitrogen and oxygen atoms in total. The lowest BCUT2D eigenvalue weighted by Gasteiger charge is -2.25. The van der Waals surface area contributed by atoms with Crippen molar-refractivity contribution < 1.29 is 32.9 Å². The largest absolute Gasteiger partial charge is 0.472 e. The number of quaternary nitrogens is 1. The van der Waals surface area contributed by atoms with Gasteiger partial charge in [0.05, 0.1) is 39.9 Å². The van der Waals surface area contributed by atoms with Crippen LogP contribution in [0.3, 0.4) is 0 Å². The van der Waals surface area contributed by atoms with Crippen LogP contribution in [-0.4, -0.2) is 73.4 Å². The van der Waals surface area contributed by atoms with E-state index in [0.29, 0.717) is 17.4 Å². The molecule has 40 heavy (non-hydrogen) atoms. The van der Waals surface area contributed by atoms with Crippen LogP contribution in [0.1, 0.15) is 117 Å². The smallest absolute Gasteiger partial charge is 0.387 e. The van der Waals surface area contributed by atoms with Crippen LogP contribution in [0.25, 0.3) is 0 Å². The Labute approximate surface area is 245 Å². The zero-order valence-corrected chi connectivity index (χ0v) is 27.2. The summed E-state index contributed by atoms with van der Waals surface area (Å²) in [5.74, 6) is -0.225. The van der Waals surface area contributed by atoms with Crippen LogP contribution in [0.4, 0.5) is 0 Å². The highest BCUT2D eigenvalue weighted by molar-refractivity contribution is 7.47. The molecule has 0 aliphatic heterocycles.